The molecule has 0 spiro atoms. The van der Waals surface area contributed by atoms with Crippen LogP contribution in [-0.2, 0) is 6.42 Å². The van der Waals surface area contributed by atoms with Crippen LogP contribution in [0.4, 0.5) is 0 Å². The number of unbranched alkanes of at least 4 members (excludes halogenated alkanes) is 15. The van der Waals surface area contributed by atoms with E-state index in [1.807, 2.05) is 0 Å². The van der Waals surface area contributed by atoms with Crippen molar-refractivity contribution in [2.24, 2.45) is 0 Å². The summed E-state index contributed by atoms with van der Waals surface area (Å²) in [6, 6.07) is 0. The molecule has 0 unspecified atom stereocenters. The molecule has 1 heterocycles. The average Bonchev–Trinajstić information content (AvgIpc) is 2.65. The molecular weight excluding hydrogens is 340 g/mol. The summed E-state index contributed by atoms with van der Waals surface area (Å²) >= 11 is 0. The van der Waals surface area contributed by atoms with Crippen LogP contribution in [-0.4, -0.2) is 20.2 Å². The van der Waals surface area contributed by atoms with E-state index in [0.717, 1.165) is 12.8 Å². The van der Waals surface area contributed by atoms with E-state index in [1.165, 1.54) is 89.9 Å². The van der Waals surface area contributed by atoms with Crippen LogP contribution in [0, 0.1) is 0 Å². The van der Waals surface area contributed by atoms with Crippen LogP contribution in [0.15, 0.2) is 4.79 Å². The van der Waals surface area contributed by atoms with Crippen molar-refractivity contribution in [2.75, 3.05) is 0 Å². The van der Waals surface area contributed by atoms with E-state index in [2.05, 4.69) is 16.9 Å². The first-order valence-electron chi connectivity index (χ1n) is 11.2. The van der Waals surface area contributed by atoms with Gasteiger partial charge in [-0.2, -0.15) is 4.98 Å². The second-order valence-corrected chi connectivity index (χ2v) is 7.74. The molecule has 0 fully saturated rings. The quantitative estimate of drug-likeness (QED) is 0.290. The first-order valence-corrected chi connectivity index (χ1v) is 11.2. The van der Waals surface area contributed by atoms with Gasteiger partial charge in [0, 0.05) is 6.42 Å². The maximum atomic E-state index is 11.3. The predicted octanol–water partition coefficient (Wildman–Crippen LogP) is 5.99. The van der Waals surface area contributed by atoms with Gasteiger partial charge in [-0.25, -0.2) is 0 Å². The summed E-state index contributed by atoms with van der Waals surface area (Å²) in [6.45, 7) is 2.27. The Morgan fingerprint density at radius 2 is 1.11 bits per heavy atom. The van der Waals surface area contributed by atoms with Gasteiger partial charge < -0.3 is 15.2 Å². The van der Waals surface area contributed by atoms with E-state index < -0.39 is 17.2 Å². The van der Waals surface area contributed by atoms with Crippen LogP contribution in [0.2, 0.25) is 0 Å². The van der Waals surface area contributed by atoms with Crippen molar-refractivity contribution in [3.8, 4) is 11.6 Å². The summed E-state index contributed by atoms with van der Waals surface area (Å²) in [5, 5.41) is 18.5. The van der Waals surface area contributed by atoms with Crippen LogP contribution in [0.5, 0.6) is 11.6 Å². The lowest BCUT2D eigenvalue weighted by Gasteiger charge is -2.04. The highest BCUT2D eigenvalue weighted by Crippen LogP contribution is 2.16. The van der Waals surface area contributed by atoms with Gasteiger partial charge in [-0.05, 0) is 6.42 Å². The number of H-pyrrole nitrogens is 1. The number of hydrogen-bond donors (Lipinski definition) is 3. The van der Waals surface area contributed by atoms with E-state index in [4.69, 9.17) is 0 Å². The molecule has 1 aromatic rings. The number of aryl methyl sites for hydroxylation is 1. The first kappa shape index (κ1) is 23.5. The number of hydrogen-bond acceptors (Lipinski definition) is 4. The van der Waals surface area contributed by atoms with Crippen LogP contribution < -0.4 is 5.56 Å². The van der Waals surface area contributed by atoms with Gasteiger partial charge in [0.2, 0.25) is 5.75 Å². The van der Waals surface area contributed by atoms with Crippen LogP contribution in [0.25, 0.3) is 0 Å². The Labute approximate surface area is 164 Å². The van der Waals surface area contributed by atoms with E-state index in [0.29, 0.717) is 12.2 Å². The van der Waals surface area contributed by atoms with Crippen molar-refractivity contribution < 1.29 is 10.2 Å². The normalized spacial score (nSPS) is 11.1. The molecule has 27 heavy (non-hydrogen) atoms. The van der Waals surface area contributed by atoms with Gasteiger partial charge in [0.1, 0.15) is 5.82 Å². The van der Waals surface area contributed by atoms with E-state index >= 15 is 0 Å². The Bertz CT molecular complexity index is 543. The minimum atomic E-state index is -0.703. The molecule has 0 amide bonds. The molecule has 156 valence electrons. The van der Waals surface area contributed by atoms with Crippen molar-refractivity contribution in [1.82, 2.24) is 9.97 Å². The largest absolute Gasteiger partial charge is 0.499 e. The van der Waals surface area contributed by atoms with Crippen molar-refractivity contribution in [3.63, 3.8) is 0 Å². The van der Waals surface area contributed by atoms with Crippen LogP contribution in [0.3, 0.4) is 0 Å². The Morgan fingerprint density at radius 1 is 0.704 bits per heavy atom. The third-order valence-electron chi connectivity index (χ3n) is 5.19. The van der Waals surface area contributed by atoms with Gasteiger partial charge in [0.15, 0.2) is 0 Å². The molecule has 0 radical (unpaired) electrons. The minimum Gasteiger partial charge on any atom is -0.499 e. The second-order valence-electron chi connectivity index (χ2n) is 7.74. The molecule has 0 saturated heterocycles. The molecule has 0 aliphatic carbocycles. The summed E-state index contributed by atoms with van der Waals surface area (Å²) in [7, 11) is 0. The molecule has 0 atom stereocenters. The third kappa shape index (κ3) is 11.7. The summed E-state index contributed by atoms with van der Waals surface area (Å²) in [6.07, 6.45) is 21.8. The molecule has 5 nitrogen and oxygen atoms in total. The highest BCUT2D eigenvalue weighted by atomic mass is 16.3. The SMILES string of the molecule is CCCCCCCCCCCCCCCCCCc1nc(O)c(O)c(=O)[nH]1. The van der Waals surface area contributed by atoms with E-state index in [-0.39, 0.29) is 0 Å². The number of aromatic nitrogens is 2. The fraction of sp³-hybridized carbons (Fsp3) is 0.818. The zero-order valence-corrected chi connectivity index (χ0v) is 17.3. The van der Waals surface area contributed by atoms with Gasteiger partial charge in [0.25, 0.3) is 11.4 Å². The van der Waals surface area contributed by atoms with Crippen molar-refractivity contribution in [3.05, 3.63) is 16.2 Å². The topological polar surface area (TPSA) is 86.2 Å². The number of aromatic amines is 1. The Morgan fingerprint density at radius 3 is 1.52 bits per heavy atom. The standard InChI is InChI=1S/C22H40N2O3/c1-2-3-4-5-6-7-8-9-10-11-12-13-14-15-16-17-18-19-23-21(26)20(25)22(27)24-19/h25H,2-18H2,1H3,(H2,23,24,26,27). The zero-order chi connectivity index (χ0) is 19.7. The van der Waals surface area contributed by atoms with Crippen molar-refractivity contribution in [2.45, 2.75) is 116 Å². The number of rotatable bonds is 17. The van der Waals surface area contributed by atoms with Gasteiger partial charge in [0.05, 0.1) is 0 Å². The van der Waals surface area contributed by atoms with Gasteiger partial charge in [-0.1, -0.05) is 103 Å². The average molecular weight is 381 g/mol. The maximum absolute atomic E-state index is 11.3. The molecular formula is C22H40N2O3. The molecule has 1 rings (SSSR count). The van der Waals surface area contributed by atoms with Crippen LogP contribution >= 0.6 is 0 Å². The molecule has 0 aromatic carbocycles. The Balaban J connectivity index is 1.85. The molecule has 0 aliphatic rings. The second kappa shape index (κ2) is 15.5. The lowest BCUT2D eigenvalue weighted by molar-refractivity contribution is 0.378. The van der Waals surface area contributed by atoms with Gasteiger partial charge >= 0.3 is 0 Å². The lowest BCUT2D eigenvalue weighted by atomic mass is 10.0. The highest BCUT2D eigenvalue weighted by molar-refractivity contribution is 5.27. The number of nitrogens with one attached hydrogen (secondary N) is 1. The third-order valence-corrected chi connectivity index (χ3v) is 5.19. The highest BCUT2D eigenvalue weighted by Gasteiger charge is 2.08. The van der Waals surface area contributed by atoms with E-state index in [9.17, 15) is 15.0 Å². The fourth-order valence-electron chi connectivity index (χ4n) is 3.46. The Kier molecular flexibility index (Phi) is 13.5. The van der Waals surface area contributed by atoms with Gasteiger partial charge in [-0.15, -0.1) is 0 Å². The number of nitrogens with zero attached hydrogens (tertiary/aromatic N) is 1. The number of aromatic hydroxyl groups is 2. The summed E-state index contributed by atoms with van der Waals surface area (Å²) < 4.78 is 0. The molecule has 0 aliphatic heterocycles. The Hall–Kier alpha value is -1.52. The monoisotopic (exact) mass is 380 g/mol. The predicted molar refractivity (Wildman–Crippen MR) is 111 cm³/mol. The summed E-state index contributed by atoms with van der Waals surface area (Å²) in [5.74, 6) is -0.836. The maximum Gasteiger partial charge on any atom is 0.297 e. The zero-order valence-electron chi connectivity index (χ0n) is 17.3. The smallest absolute Gasteiger partial charge is 0.297 e. The molecule has 5 heteroatoms. The molecule has 3 N–H and O–H groups in total. The molecule has 0 bridgehead atoms. The van der Waals surface area contributed by atoms with Crippen LogP contribution in [0.1, 0.15) is 115 Å². The van der Waals surface area contributed by atoms with Crippen molar-refractivity contribution in [1.29, 1.82) is 0 Å². The minimum absolute atomic E-state index is 0.445. The summed E-state index contributed by atoms with van der Waals surface area (Å²) in [4.78, 5) is 17.6. The summed E-state index contributed by atoms with van der Waals surface area (Å²) in [5.41, 5.74) is -0.672. The van der Waals surface area contributed by atoms with E-state index in [1.54, 1.807) is 0 Å². The van der Waals surface area contributed by atoms with Gasteiger partial charge in [-0.3, -0.25) is 4.79 Å². The lowest BCUT2D eigenvalue weighted by Crippen LogP contribution is -2.10. The molecule has 1 aromatic heterocycles. The van der Waals surface area contributed by atoms with Crippen molar-refractivity contribution >= 4 is 0 Å². The molecule has 0 saturated carbocycles. The first-order chi connectivity index (χ1) is 13.1. The fourth-order valence-corrected chi connectivity index (χ4v) is 3.46.